The van der Waals surface area contributed by atoms with E-state index in [4.69, 9.17) is 0 Å². The van der Waals surface area contributed by atoms with E-state index in [0.717, 1.165) is 17.4 Å². The summed E-state index contributed by atoms with van der Waals surface area (Å²) < 4.78 is 1.94. The summed E-state index contributed by atoms with van der Waals surface area (Å²) in [6, 6.07) is 11.3. The van der Waals surface area contributed by atoms with Gasteiger partial charge in [-0.1, -0.05) is 30.3 Å². The first-order valence-electron chi connectivity index (χ1n) is 6.98. The Morgan fingerprint density at radius 1 is 1.21 bits per heavy atom. The predicted octanol–water partition coefficient (Wildman–Crippen LogP) is 2.51. The normalized spacial score (nSPS) is 18.2. The van der Waals surface area contributed by atoms with Crippen LogP contribution < -0.4 is 5.32 Å². The van der Waals surface area contributed by atoms with Gasteiger partial charge in [0.2, 0.25) is 0 Å². The van der Waals surface area contributed by atoms with Crippen LogP contribution in [0.15, 0.2) is 36.5 Å². The van der Waals surface area contributed by atoms with Crippen molar-refractivity contribution in [3.8, 4) is 5.69 Å². The molecule has 2 atom stereocenters. The highest BCUT2D eigenvalue weighted by molar-refractivity contribution is 5.32. The van der Waals surface area contributed by atoms with E-state index in [-0.39, 0.29) is 0 Å². The molecule has 100 valence electrons. The van der Waals surface area contributed by atoms with E-state index in [1.165, 1.54) is 12.8 Å². The van der Waals surface area contributed by atoms with Gasteiger partial charge in [-0.3, -0.25) is 0 Å². The summed E-state index contributed by atoms with van der Waals surface area (Å²) in [5.41, 5.74) is 2.23. The van der Waals surface area contributed by atoms with Crippen molar-refractivity contribution in [3.05, 3.63) is 42.2 Å². The summed E-state index contributed by atoms with van der Waals surface area (Å²) in [5, 5.41) is 12.0. The minimum Gasteiger partial charge on any atom is -0.311 e. The lowest BCUT2D eigenvalue weighted by Gasteiger charge is -2.21. The Bertz CT molecular complexity index is 530. The minimum atomic E-state index is 0.385. The highest BCUT2D eigenvalue weighted by Crippen LogP contribution is 2.25. The predicted molar refractivity (Wildman–Crippen MR) is 75.4 cm³/mol. The van der Waals surface area contributed by atoms with Crippen LogP contribution in [0.5, 0.6) is 0 Å². The molecule has 1 heterocycles. The standard InChI is InChI=1S/C15H20N4/c1-11(12(2)17-13-8-9-13)15-10-16-18-19(15)14-6-4-3-5-7-14/h3-7,10-13,17H,8-9H2,1-2H3. The summed E-state index contributed by atoms with van der Waals surface area (Å²) in [6.07, 6.45) is 4.50. The molecule has 0 aliphatic heterocycles. The molecule has 0 bridgehead atoms. The maximum Gasteiger partial charge on any atom is 0.0733 e. The summed E-state index contributed by atoms with van der Waals surface area (Å²) >= 11 is 0. The molecule has 0 spiro atoms. The van der Waals surface area contributed by atoms with Crippen LogP contribution in [0, 0.1) is 0 Å². The topological polar surface area (TPSA) is 42.7 Å². The van der Waals surface area contributed by atoms with Crippen molar-refractivity contribution in [1.29, 1.82) is 0 Å². The molecule has 1 aliphatic carbocycles. The van der Waals surface area contributed by atoms with E-state index in [1.807, 2.05) is 29.1 Å². The zero-order valence-electron chi connectivity index (χ0n) is 11.5. The molecule has 1 N–H and O–H groups in total. The highest BCUT2D eigenvalue weighted by atomic mass is 15.4. The largest absolute Gasteiger partial charge is 0.311 e. The number of aromatic nitrogens is 3. The molecule has 4 heteroatoms. The molecule has 2 aromatic rings. The zero-order chi connectivity index (χ0) is 13.2. The molecule has 1 fully saturated rings. The maximum atomic E-state index is 4.22. The van der Waals surface area contributed by atoms with Crippen LogP contribution in [-0.2, 0) is 0 Å². The maximum absolute atomic E-state index is 4.22. The number of hydrogen-bond acceptors (Lipinski definition) is 3. The quantitative estimate of drug-likeness (QED) is 0.894. The second-order valence-electron chi connectivity index (χ2n) is 5.42. The van der Waals surface area contributed by atoms with Gasteiger partial charge < -0.3 is 5.32 Å². The first-order valence-corrected chi connectivity index (χ1v) is 6.98. The fraction of sp³-hybridized carbons (Fsp3) is 0.467. The fourth-order valence-corrected chi connectivity index (χ4v) is 2.35. The number of benzene rings is 1. The third-order valence-corrected chi connectivity index (χ3v) is 3.87. The molecule has 19 heavy (non-hydrogen) atoms. The smallest absolute Gasteiger partial charge is 0.0733 e. The SMILES string of the molecule is CC(NC1CC1)C(C)c1cnnn1-c1ccccc1. The van der Waals surface area contributed by atoms with Gasteiger partial charge in [-0.05, 0) is 31.9 Å². The van der Waals surface area contributed by atoms with Gasteiger partial charge in [-0.2, -0.15) is 0 Å². The summed E-state index contributed by atoms with van der Waals surface area (Å²) in [4.78, 5) is 0. The molecule has 1 aromatic carbocycles. The van der Waals surface area contributed by atoms with Gasteiger partial charge in [0.1, 0.15) is 0 Å². The van der Waals surface area contributed by atoms with Crippen molar-refractivity contribution in [3.63, 3.8) is 0 Å². The van der Waals surface area contributed by atoms with E-state index in [2.05, 4.69) is 41.6 Å². The van der Waals surface area contributed by atoms with Gasteiger partial charge in [-0.25, -0.2) is 4.68 Å². The van der Waals surface area contributed by atoms with Gasteiger partial charge in [0.25, 0.3) is 0 Å². The Labute approximate surface area is 113 Å². The van der Waals surface area contributed by atoms with Crippen molar-refractivity contribution in [2.75, 3.05) is 0 Å². The second-order valence-corrected chi connectivity index (χ2v) is 5.42. The summed E-state index contributed by atoms with van der Waals surface area (Å²) in [7, 11) is 0. The number of para-hydroxylation sites is 1. The second kappa shape index (κ2) is 5.13. The highest BCUT2D eigenvalue weighted by Gasteiger charge is 2.27. The number of rotatable bonds is 5. The van der Waals surface area contributed by atoms with Crippen LogP contribution in [-0.4, -0.2) is 27.1 Å². The third kappa shape index (κ3) is 2.68. The number of nitrogens with zero attached hydrogens (tertiary/aromatic N) is 3. The third-order valence-electron chi connectivity index (χ3n) is 3.87. The summed E-state index contributed by atoms with van der Waals surface area (Å²) in [6.45, 7) is 4.48. The number of nitrogens with one attached hydrogen (secondary N) is 1. The average Bonchev–Trinajstić information content (AvgIpc) is 3.12. The Balaban J connectivity index is 1.82. The Hall–Kier alpha value is -1.68. The molecule has 1 saturated carbocycles. The van der Waals surface area contributed by atoms with Crippen molar-refractivity contribution < 1.29 is 0 Å². The Morgan fingerprint density at radius 2 is 1.95 bits per heavy atom. The van der Waals surface area contributed by atoms with Crippen LogP contribution in [0.25, 0.3) is 5.69 Å². The first kappa shape index (κ1) is 12.4. The molecule has 0 saturated heterocycles. The molecular formula is C15H20N4. The van der Waals surface area contributed by atoms with Crippen LogP contribution in [0.1, 0.15) is 38.3 Å². The van der Waals surface area contributed by atoms with Crippen molar-refractivity contribution in [2.45, 2.75) is 44.7 Å². The molecule has 4 nitrogen and oxygen atoms in total. The first-order chi connectivity index (χ1) is 9.25. The van der Waals surface area contributed by atoms with Crippen LogP contribution in [0.2, 0.25) is 0 Å². The fourth-order valence-electron chi connectivity index (χ4n) is 2.35. The monoisotopic (exact) mass is 256 g/mol. The van der Waals surface area contributed by atoms with Crippen LogP contribution >= 0.6 is 0 Å². The summed E-state index contributed by atoms with van der Waals surface area (Å²) in [5.74, 6) is 0.385. The van der Waals surface area contributed by atoms with Crippen LogP contribution in [0.4, 0.5) is 0 Å². The minimum absolute atomic E-state index is 0.385. The van der Waals surface area contributed by atoms with Crippen molar-refractivity contribution in [1.82, 2.24) is 20.3 Å². The van der Waals surface area contributed by atoms with E-state index >= 15 is 0 Å². The lowest BCUT2D eigenvalue weighted by molar-refractivity contribution is 0.464. The van der Waals surface area contributed by atoms with E-state index in [9.17, 15) is 0 Å². The Morgan fingerprint density at radius 3 is 2.63 bits per heavy atom. The molecular weight excluding hydrogens is 236 g/mol. The molecule has 3 rings (SSSR count). The van der Waals surface area contributed by atoms with Gasteiger partial charge in [-0.15, -0.1) is 5.10 Å². The molecule has 0 amide bonds. The van der Waals surface area contributed by atoms with Crippen LogP contribution in [0.3, 0.4) is 0 Å². The van der Waals surface area contributed by atoms with E-state index in [0.29, 0.717) is 12.0 Å². The number of hydrogen-bond donors (Lipinski definition) is 1. The van der Waals surface area contributed by atoms with E-state index < -0.39 is 0 Å². The average molecular weight is 256 g/mol. The van der Waals surface area contributed by atoms with Crippen molar-refractivity contribution in [2.24, 2.45) is 0 Å². The lowest BCUT2D eigenvalue weighted by atomic mass is 10.00. The molecule has 0 radical (unpaired) electrons. The molecule has 1 aliphatic rings. The van der Waals surface area contributed by atoms with Gasteiger partial charge >= 0.3 is 0 Å². The van der Waals surface area contributed by atoms with Gasteiger partial charge in [0, 0.05) is 18.0 Å². The van der Waals surface area contributed by atoms with Gasteiger partial charge in [0.15, 0.2) is 0 Å². The lowest BCUT2D eigenvalue weighted by Crippen LogP contribution is -2.33. The Kier molecular flexibility index (Phi) is 3.34. The van der Waals surface area contributed by atoms with E-state index in [1.54, 1.807) is 0 Å². The molecule has 1 aromatic heterocycles. The van der Waals surface area contributed by atoms with Gasteiger partial charge in [0.05, 0.1) is 17.6 Å². The molecule has 2 unspecified atom stereocenters. The van der Waals surface area contributed by atoms with Crippen molar-refractivity contribution >= 4 is 0 Å². The zero-order valence-corrected chi connectivity index (χ0v) is 11.5.